The van der Waals surface area contributed by atoms with E-state index >= 15 is 0 Å². The minimum Gasteiger partial charge on any atom is -0.356 e. The summed E-state index contributed by atoms with van der Waals surface area (Å²) in [4.78, 5) is 24.3. The zero-order chi connectivity index (χ0) is 29.9. The number of rotatable bonds is 10. The molecule has 0 aromatic carbocycles. The molecule has 3 aromatic rings. The van der Waals surface area contributed by atoms with Crippen molar-refractivity contribution in [3.05, 3.63) is 29.9 Å². The summed E-state index contributed by atoms with van der Waals surface area (Å²) in [6.07, 6.45) is 6.21. The van der Waals surface area contributed by atoms with Crippen LogP contribution in [0.4, 0.5) is 5.95 Å². The molecule has 0 aliphatic rings. The molecule has 1 N–H and O–H groups in total. The molecule has 0 fully saturated rings. The first-order valence-electron chi connectivity index (χ1n) is 13.9. The van der Waals surface area contributed by atoms with Crippen LogP contribution in [0, 0.1) is 0 Å². The van der Waals surface area contributed by atoms with E-state index in [4.69, 9.17) is 0 Å². The van der Waals surface area contributed by atoms with Crippen LogP contribution in [-0.4, -0.2) is 58.2 Å². The van der Waals surface area contributed by atoms with Gasteiger partial charge in [-0.3, -0.25) is 4.79 Å². The first-order valence-corrected chi connectivity index (χ1v) is 15.2. The molecule has 11 heteroatoms. The smallest absolute Gasteiger partial charge is 0.242 e. The molecule has 10 nitrogen and oxygen atoms in total. The lowest BCUT2D eigenvalue weighted by Crippen LogP contribution is -2.11. The van der Waals surface area contributed by atoms with Gasteiger partial charge in [0.1, 0.15) is 17.5 Å². The van der Waals surface area contributed by atoms with Gasteiger partial charge in [-0.15, -0.1) is 10.2 Å². The number of anilines is 1. The fourth-order valence-corrected chi connectivity index (χ4v) is 4.00. The van der Waals surface area contributed by atoms with E-state index in [1.54, 1.807) is 18.0 Å². The summed E-state index contributed by atoms with van der Waals surface area (Å²) in [5, 5.41) is 12.6. The number of thioether (sulfide) groups is 1. The molecule has 3 heterocycles. The molecule has 0 bridgehead atoms. The summed E-state index contributed by atoms with van der Waals surface area (Å²) in [6.45, 7) is 23.5. The number of hydrogen-bond acceptors (Lipinski definition) is 8. The average Bonchev–Trinajstić information content (AvgIpc) is 3.62. The molecule has 0 radical (unpaired) electrons. The first-order chi connectivity index (χ1) is 18.3. The number of Topliss-reactive ketones (excluding diaryl/α,β-unsaturated/α-hetero) is 1. The first kappa shape index (κ1) is 34.3. The van der Waals surface area contributed by atoms with Gasteiger partial charge < -0.3 is 9.88 Å². The van der Waals surface area contributed by atoms with Crippen LogP contribution in [0.15, 0.2) is 17.6 Å². The van der Waals surface area contributed by atoms with Crippen LogP contribution < -0.4 is 5.32 Å². The van der Waals surface area contributed by atoms with Crippen LogP contribution in [0.1, 0.15) is 130 Å². The third kappa shape index (κ3) is 10.4. The lowest BCUT2D eigenvalue weighted by atomic mass is 10.2. The molecule has 3 aromatic heterocycles. The zero-order valence-corrected chi connectivity index (χ0v) is 27.2. The fraction of sp³-hybridized carbons (Fsp3) is 0.714. The maximum Gasteiger partial charge on any atom is 0.242 e. The molecule has 3 rings (SSSR count). The van der Waals surface area contributed by atoms with E-state index in [1.165, 1.54) is 0 Å². The summed E-state index contributed by atoms with van der Waals surface area (Å²) < 4.78 is 5.91. The summed E-state index contributed by atoms with van der Waals surface area (Å²) in [6, 6.07) is 0.762. The van der Waals surface area contributed by atoms with Gasteiger partial charge in [0.2, 0.25) is 11.1 Å². The highest BCUT2D eigenvalue weighted by molar-refractivity contribution is 7.98. The zero-order valence-electron chi connectivity index (χ0n) is 26.3. The van der Waals surface area contributed by atoms with E-state index in [0.29, 0.717) is 48.8 Å². The maximum absolute atomic E-state index is 11.2. The van der Waals surface area contributed by atoms with Crippen LogP contribution in [0.5, 0.6) is 0 Å². The molecular weight excluding hydrogens is 510 g/mol. The highest BCUT2D eigenvalue weighted by Gasteiger charge is 2.15. The molecule has 0 saturated heterocycles. The second-order valence-corrected chi connectivity index (χ2v) is 11.6. The standard InChI is InChI=1S/C10H16N2O.C9H18N4.C9H17N3S/c1-4-9(13)7-12-6-5-11-10(12)8(2)3;1-6(2)8-11-9(10-5)12-13(8)7(3)4;1-6(2)8-10-9(13-5)11-12(8)7(3)4/h5-6,8H,4,7H2,1-3H3;6-7H,1-5H3,(H,10,12);6-7H,1-5H3. The van der Waals surface area contributed by atoms with Crippen molar-refractivity contribution < 1.29 is 4.79 Å². The van der Waals surface area contributed by atoms with E-state index < -0.39 is 0 Å². The number of nitrogens with one attached hydrogen (secondary N) is 1. The van der Waals surface area contributed by atoms with Gasteiger partial charge in [0.05, 0.1) is 6.54 Å². The van der Waals surface area contributed by atoms with Gasteiger partial charge in [-0.05, 0) is 34.0 Å². The fourth-order valence-electron chi connectivity index (χ4n) is 3.65. The minimum absolute atomic E-state index is 0.250. The lowest BCUT2D eigenvalue weighted by Gasteiger charge is -2.10. The highest BCUT2D eigenvalue weighted by atomic mass is 32.2. The van der Waals surface area contributed by atoms with Crippen molar-refractivity contribution in [2.45, 2.75) is 124 Å². The summed E-state index contributed by atoms with van der Waals surface area (Å²) in [5.41, 5.74) is 0. The molecule has 220 valence electrons. The van der Waals surface area contributed by atoms with Gasteiger partial charge in [0, 0.05) is 55.7 Å². The van der Waals surface area contributed by atoms with Gasteiger partial charge in [0.25, 0.3) is 0 Å². The normalized spacial score (nSPS) is 11.2. The van der Waals surface area contributed by atoms with Crippen molar-refractivity contribution >= 4 is 23.5 Å². The van der Waals surface area contributed by atoms with Gasteiger partial charge in [-0.2, -0.15) is 4.98 Å². The third-order valence-electron chi connectivity index (χ3n) is 5.72. The monoisotopic (exact) mass is 561 g/mol. The highest BCUT2D eigenvalue weighted by Crippen LogP contribution is 2.20. The van der Waals surface area contributed by atoms with E-state index in [1.807, 2.05) is 40.4 Å². The van der Waals surface area contributed by atoms with Crippen molar-refractivity contribution in [1.29, 1.82) is 0 Å². The second-order valence-electron chi connectivity index (χ2n) is 10.8. The molecule has 0 spiro atoms. The number of ketones is 1. The maximum atomic E-state index is 11.2. The predicted molar refractivity (Wildman–Crippen MR) is 162 cm³/mol. The molecule has 0 amide bonds. The molecule has 0 saturated carbocycles. The Balaban J connectivity index is 0.000000292. The number of imidazole rings is 1. The Kier molecular flexibility index (Phi) is 14.5. The number of carbonyl (C=O) groups excluding carboxylic acids is 1. The molecule has 0 unspecified atom stereocenters. The molecule has 0 aliphatic carbocycles. The number of aromatic nitrogens is 8. The third-order valence-corrected chi connectivity index (χ3v) is 6.26. The summed E-state index contributed by atoms with van der Waals surface area (Å²) in [7, 11) is 1.84. The molecule has 0 atom stereocenters. The molecule has 0 aliphatic heterocycles. The van der Waals surface area contributed by atoms with Crippen LogP contribution in [-0.2, 0) is 11.3 Å². The van der Waals surface area contributed by atoms with E-state index in [2.05, 4.69) is 99.7 Å². The van der Waals surface area contributed by atoms with Crippen molar-refractivity contribution in [3.8, 4) is 0 Å². The number of hydrogen-bond donors (Lipinski definition) is 1. The van der Waals surface area contributed by atoms with Crippen LogP contribution in [0.2, 0.25) is 0 Å². The molecule has 39 heavy (non-hydrogen) atoms. The Morgan fingerprint density at radius 2 is 1.36 bits per heavy atom. The van der Waals surface area contributed by atoms with Crippen molar-refractivity contribution in [2.75, 3.05) is 18.6 Å². The Hall–Kier alpha value is -2.69. The number of nitrogens with zero attached hydrogens (tertiary/aromatic N) is 8. The summed E-state index contributed by atoms with van der Waals surface area (Å²) >= 11 is 1.60. The van der Waals surface area contributed by atoms with Gasteiger partial charge in [-0.25, -0.2) is 19.3 Å². The van der Waals surface area contributed by atoms with Gasteiger partial charge >= 0.3 is 0 Å². The van der Waals surface area contributed by atoms with Crippen LogP contribution in [0.3, 0.4) is 0 Å². The molecular formula is C28H51N9OS. The van der Waals surface area contributed by atoms with Gasteiger partial charge in [0.15, 0.2) is 5.78 Å². The van der Waals surface area contributed by atoms with Gasteiger partial charge in [-0.1, -0.05) is 60.2 Å². The van der Waals surface area contributed by atoms with E-state index in [9.17, 15) is 4.79 Å². The second kappa shape index (κ2) is 16.4. The van der Waals surface area contributed by atoms with Crippen LogP contribution >= 0.6 is 11.8 Å². The largest absolute Gasteiger partial charge is 0.356 e. The Labute approximate surface area is 239 Å². The van der Waals surface area contributed by atoms with E-state index in [0.717, 1.165) is 22.6 Å². The topological polar surface area (TPSA) is 108 Å². The Morgan fingerprint density at radius 3 is 1.74 bits per heavy atom. The predicted octanol–water partition coefficient (Wildman–Crippen LogP) is 6.71. The van der Waals surface area contributed by atoms with Crippen molar-refractivity contribution in [3.63, 3.8) is 0 Å². The van der Waals surface area contributed by atoms with Crippen LogP contribution in [0.25, 0.3) is 0 Å². The minimum atomic E-state index is 0.250. The Bertz CT molecular complexity index is 1020. The SMILES string of the molecule is CCC(=O)Cn1ccnc1C(C)C.CNc1nc(C(C)C)n(C(C)C)n1.CSc1nc(C(C)C)n(C(C)C)n1. The average molecular weight is 562 g/mol. The van der Waals surface area contributed by atoms with Crippen molar-refractivity contribution in [2.24, 2.45) is 0 Å². The lowest BCUT2D eigenvalue weighted by molar-refractivity contribution is -0.119. The number of carbonyl (C=O) groups is 1. The quantitative estimate of drug-likeness (QED) is 0.272. The van der Waals surface area contributed by atoms with Crippen molar-refractivity contribution in [1.82, 2.24) is 39.1 Å². The summed E-state index contributed by atoms with van der Waals surface area (Å²) in [5.74, 6) is 5.30. The Morgan fingerprint density at radius 1 is 0.846 bits per heavy atom. The van der Waals surface area contributed by atoms with E-state index in [-0.39, 0.29) is 5.78 Å².